The molecule has 0 unspecified atom stereocenters. The van der Waals surface area contributed by atoms with Crippen LogP contribution in [0, 0.1) is 20.8 Å². The molecule has 0 aliphatic heterocycles. The van der Waals surface area contributed by atoms with Gasteiger partial charge in [-0.3, -0.25) is 9.59 Å². The number of aryl methyl sites for hydroxylation is 3. The molecule has 6 heteroatoms. The lowest BCUT2D eigenvalue weighted by Gasteiger charge is -2.19. The molecular weight excluding hydrogens is 402 g/mol. The Balaban J connectivity index is 1.60. The van der Waals surface area contributed by atoms with Crippen molar-refractivity contribution in [3.8, 4) is 11.5 Å². The summed E-state index contributed by atoms with van der Waals surface area (Å²) in [6, 6.07) is 16.8. The van der Waals surface area contributed by atoms with Gasteiger partial charge in [0.05, 0.1) is 23.9 Å². The number of pyridine rings is 1. The first-order chi connectivity index (χ1) is 15.3. The lowest BCUT2D eigenvalue weighted by Crippen LogP contribution is -2.35. The Kier molecular flexibility index (Phi) is 5.77. The number of fused-ring (bicyclic) bond motifs is 1. The highest BCUT2D eigenvalue weighted by Gasteiger charge is 2.20. The van der Waals surface area contributed by atoms with E-state index in [0.717, 1.165) is 27.8 Å². The largest absolute Gasteiger partial charge is 0.463 e. The lowest BCUT2D eigenvalue weighted by atomic mass is 10.0. The van der Waals surface area contributed by atoms with E-state index in [1.165, 1.54) is 4.90 Å². The molecule has 0 radical (unpaired) electrons. The summed E-state index contributed by atoms with van der Waals surface area (Å²) in [5.74, 6) is 0.0694. The number of hydrogen-bond donors (Lipinski definition) is 1. The fourth-order valence-electron chi connectivity index (χ4n) is 3.95. The molecule has 4 rings (SSSR count). The van der Waals surface area contributed by atoms with Gasteiger partial charge in [0.1, 0.15) is 5.69 Å². The molecule has 2 aromatic heterocycles. The summed E-state index contributed by atoms with van der Waals surface area (Å²) in [7, 11) is 1.62. The van der Waals surface area contributed by atoms with Crippen molar-refractivity contribution in [2.45, 2.75) is 20.8 Å². The van der Waals surface area contributed by atoms with Crippen LogP contribution in [0.3, 0.4) is 0 Å². The molecular formula is C26H25N3O3. The number of hydrogen-bond acceptors (Lipinski definition) is 4. The second kappa shape index (κ2) is 8.67. The molecule has 0 saturated carbocycles. The second-order valence-electron chi connectivity index (χ2n) is 8.03. The van der Waals surface area contributed by atoms with Crippen LogP contribution in [0.5, 0.6) is 0 Å². The van der Waals surface area contributed by atoms with Gasteiger partial charge in [-0.15, -0.1) is 0 Å². The molecule has 0 saturated heterocycles. The maximum absolute atomic E-state index is 13.3. The maximum atomic E-state index is 13.3. The van der Waals surface area contributed by atoms with E-state index in [1.54, 1.807) is 31.5 Å². The van der Waals surface area contributed by atoms with Gasteiger partial charge in [0, 0.05) is 18.1 Å². The Morgan fingerprint density at radius 3 is 2.41 bits per heavy atom. The summed E-state index contributed by atoms with van der Waals surface area (Å²) >= 11 is 0. The summed E-state index contributed by atoms with van der Waals surface area (Å²) < 4.78 is 5.47. The topological polar surface area (TPSA) is 75.4 Å². The van der Waals surface area contributed by atoms with Gasteiger partial charge in [-0.2, -0.15) is 0 Å². The lowest BCUT2D eigenvalue weighted by molar-refractivity contribution is -0.116. The highest BCUT2D eigenvalue weighted by molar-refractivity contribution is 6.08. The Hall–Kier alpha value is -3.93. The molecule has 0 aliphatic rings. The van der Waals surface area contributed by atoms with Crippen molar-refractivity contribution in [1.82, 2.24) is 9.88 Å². The van der Waals surface area contributed by atoms with Crippen molar-refractivity contribution in [1.29, 1.82) is 0 Å². The molecule has 4 aromatic rings. The minimum atomic E-state index is -0.260. The smallest absolute Gasteiger partial charge is 0.254 e. The maximum Gasteiger partial charge on any atom is 0.254 e. The molecule has 32 heavy (non-hydrogen) atoms. The molecule has 0 bridgehead atoms. The van der Waals surface area contributed by atoms with Gasteiger partial charge >= 0.3 is 0 Å². The van der Waals surface area contributed by atoms with Crippen molar-refractivity contribution in [2.75, 3.05) is 18.9 Å². The van der Waals surface area contributed by atoms with Crippen molar-refractivity contribution in [2.24, 2.45) is 0 Å². The van der Waals surface area contributed by atoms with Crippen LogP contribution in [-0.4, -0.2) is 35.3 Å². The zero-order chi connectivity index (χ0) is 22.8. The van der Waals surface area contributed by atoms with Gasteiger partial charge in [-0.25, -0.2) is 4.98 Å². The summed E-state index contributed by atoms with van der Waals surface area (Å²) in [4.78, 5) is 32.1. The molecule has 0 fully saturated rings. The van der Waals surface area contributed by atoms with E-state index in [9.17, 15) is 9.59 Å². The van der Waals surface area contributed by atoms with E-state index in [1.807, 2.05) is 57.2 Å². The SMILES string of the molecule is Cc1cc(C)c(NC(=O)CN(C)C(=O)c2cc(-c3ccco3)nc3ccccc23)c(C)c1. The first-order valence-electron chi connectivity index (χ1n) is 10.4. The normalized spacial score (nSPS) is 10.9. The number of amides is 2. The first-order valence-corrected chi connectivity index (χ1v) is 10.4. The third kappa shape index (κ3) is 4.25. The number of nitrogens with zero attached hydrogens (tertiary/aromatic N) is 2. The van der Waals surface area contributed by atoms with Crippen LogP contribution in [0.4, 0.5) is 5.69 Å². The molecule has 0 atom stereocenters. The minimum absolute atomic E-state index is 0.0711. The summed E-state index contributed by atoms with van der Waals surface area (Å²) in [5, 5.41) is 3.68. The summed E-state index contributed by atoms with van der Waals surface area (Å²) in [5.41, 5.74) is 5.65. The molecule has 2 aromatic carbocycles. The van der Waals surface area contributed by atoms with Crippen molar-refractivity contribution in [3.05, 3.63) is 83.1 Å². The Morgan fingerprint density at radius 1 is 1.00 bits per heavy atom. The molecule has 0 aliphatic carbocycles. The Bertz CT molecular complexity index is 1290. The van der Waals surface area contributed by atoms with Crippen LogP contribution < -0.4 is 5.32 Å². The number of rotatable bonds is 5. The molecule has 1 N–H and O–H groups in total. The summed E-state index contributed by atoms with van der Waals surface area (Å²) in [6.07, 6.45) is 1.57. The zero-order valence-corrected chi connectivity index (χ0v) is 18.6. The number of nitrogens with one attached hydrogen (secondary N) is 1. The highest BCUT2D eigenvalue weighted by atomic mass is 16.3. The van der Waals surface area contributed by atoms with E-state index in [2.05, 4.69) is 10.3 Å². The number of aromatic nitrogens is 1. The number of furan rings is 1. The van der Waals surface area contributed by atoms with Crippen LogP contribution in [0.25, 0.3) is 22.4 Å². The van der Waals surface area contributed by atoms with Crippen LogP contribution in [0.2, 0.25) is 0 Å². The molecule has 0 spiro atoms. The summed E-state index contributed by atoms with van der Waals surface area (Å²) in [6.45, 7) is 5.87. The number of carbonyl (C=O) groups excluding carboxylic acids is 2. The van der Waals surface area contributed by atoms with E-state index in [0.29, 0.717) is 22.5 Å². The van der Waals surface area contributed by atoms with Gasteiger partial charge in [-0.1, -0.05) is 35.9 Å². The van der Waals surface area contributed by atoms with E-state index in [-0.39, 0.29) is 18.4 Å². The molecule has 162 valence electrons. The Labute approximate surface area is 186 Å². The van der Waals surface area contributed by atoms with E-state index in [4.69, 9.17) is 4.42 Å². The average molecular weight is 428 g/mol. The third-order valence-electron chi connectivity index (χ3n) is 5.39. The monoisotopic (exact) mass is 427 g/mol. The molecule has 2 heterocycles. The van der Waals surface area contributed by atoms with Gasteiger partial charge in [0.15, 0.2) is 5.76 Å². The molecule has 6 nitrogen and oxygen atoms in total. The molecule has 2 amide bonds. The van der Waals surface area contributed by atoms with Crippen LogP contribution in [0.15, 0.2) is 65.3 Å². The number of anilines is 1. The number of likely N-dealkylation sites (N-methyl/N-ethyl adjacent to an activating group) is 1. The highest BCUT2D eigenvalue weighted by Crippen LogP contribution is 2.26. The average Bonchev–Trinajstić information content (AvgIpc) is 3.30. The minimum Gasteiger partial charge on any atom is -0.463 e. The van der Waals surface area contributed by atoms with Crippen LogP contribution in [-0.2, 0) is 4.79 Å². The van der Waals surface area contributed by atoms with Gasteiger partial charge in [0.2, 0.25) is 5.91 Å². The standard InChI is InChI=1S/C26H25N3O3/c1-16-12-17(2)25(18(3)13-16)28-24(30)15-29(4)26(31)20-14-22(23-10-7-11-32-23)27-21-9-6-5-8-19(20)21/h5-14H,15H2,1-4H3,(H,28,30). The second-order valence-corrected chi connectivity index (χ2v) is 8.03. The van der Waals surface area contributed by atoms with Crippen molar-refractivity contribution < 1.29 is 14.0 Å². The number of carbonyl (C=O) groups is 2. The van der Waals surface area contributed by atoms with Gasteiger partial charge in [-0.05, 0) is 56.2 Å². The quantitative estimate of drug-likeness (QED) is 0.479. The van der Waals surface area contributed by atoms with Gasteiger partial charge < -0.3 is 14.6 Å². The number of para-hydroxylation sites is 1. The van der Waals surface area contributed by atoms with Crippen LogP contribution in [0.1, 0.15) is 27.0 Å². The van der Waals surface area contributed by atoms with Crippen molar-refractivity contribution >= 4 is 28.4 Å². The first kappa shape index (κ1) is 21.3. The predicted molar refractivity (Wildman–Crippen MR) is 126 cm³/mol. The fraction of sp³-hybridized carbons (Fsp3) is 0.192. The third-order valence-corrected chi connectivity index (χ3v) is 5.39. The van der Waals surface area contributed by atoms with Crippen molar-refractivity contribution in [3.63, 3.8) is 0 Å². The predicted octanol–water partition coefficient (Wildman–Crippen LogP) is 5.13. The van der Waals surface area contributed by atoms with Crippen LogP contribution >= 0.6 is 0 Å². The fourth-order valence-corrected chi connectivity index (χ4v) is 3.95. The van der Waals surface area contributed by atoms with E-state index >= 15 is 0 Å². The number of benzene rings is 2. The van der Waals surface area contributed by atoms with E-state index < -0.39 is 0 Å². The van der Waals surface area contributed by atoms with Gasteiger partial charge in [0.25, 0.3) is 5.91 Å². The Morgan fingerprint density at radius 2 is 1.72 bits per heavy atom. The zero-order valence-electron chi connectivity index (χ0n) is 18.6.